The largest absolute Gasteiger partial charge is 0.496 e. The van der Waals surface area contributed by atoms with Crippen LogP contribution in [0.4, 0.5) is 11.4 Å². The number of carbonyl (C=O) groups is 1. The molecular weight excluding hydrogens is 354 g/mol. The monoisotopic (exact) mass is 377 g/mol. The Morgan fingerprint density at radius 1 is 1.18 bits per heavy atom. The van der Waals surface area contributed by atoms with E-state index in [1.807, 2.05) is 30.3 Å². The van der Waals surface area contributed by atoms with Gasteiger partial charge in [0.05, 0.1) is 18.8 Å². The molecule has 0 bridgehead atoms. The molecule has 1 atom stereocenters. The van der Waals surface area contributed by atoms with Crippen molar-refractivity contribution in [2.45, 2.75) is 38.3 Å². The predicted octanol–water partition coefficient (Wildman–Crippen LogP) is 3.84. The molecule has 2 aliphatic carbocycles. The Kier molecular flexibility index (Phi) is 4.19. The Bertz CT molecular complexity index is 965. The lowest BCUT2D eigenvalue weighted by Crippen LogP contribution is -2.30. The summed E-state index contributed by atoms with van der Waals surface area (Å²) in [6.45, 7) is 0.430. The van der Waals surface area contributed by atoms with E-state index in [9.17, 15) is 4.79 Å². The fourth-order valence-electron chi connectivity index (χ4n) is 3.96. The van der Waals surface area contributed by atoms with E-state index in [1.54, 1.807) is 7.11 Å². The van der Waals surface area contributed by atoms with Crippen molar-refractivity contribution >= 4 is 23.3 Å². The molecule has 2 aromatic carbocycles. The van der Waals surface area contributed by atoms with Gasteiger partial charge in [0.1, 0.15) is 12.4 Å². The second-order valence-electron chi connectivity index (χ2n) is 7.58. The summed E-state index contributed by atoms with van der Waals surface area (Å²) in [5.41, 5.74) is 5.16. The summed E-state index contributed by atoms with van der Waals surface area (Å²) in [5.74, 6) is 1.20. The maximum atomic E-state index is 12.0. The standard InChI is InChI=1S/C22H23N3O3/c1-27-19-4-2-3-13-7-9-18(20(13)19)25-22-24-17-10-8-16(11-15(17)12-28-22)23-21(26)14-5-6-14/h2-4,8,10-11,14,18H,5-7,9,12H2,1H3,(H,23,26)(H,24,25). The normalized spacial score (nSPS) is 19.8. The molecule has 1 unspecified atom stereocenters. The Hall–Kier alpha value is -3.02. The molecular formula is C22H23N3O3. The van der Waals surface area contributed by atoms with Crippen LogP contribution in [0.3, 0.4) is 0 Å². The second-order valence-corrected chi connectivity index (χ2v) is 7.58. The van der Waals surface area contributed by atoms with E-state index in [2.05, 4.69) is 21.7 Å². The van der Waals surface area contributed by atoms with Gasteiger partial charge in [0.15, 0.2) is 0 Å². The van der Waals surface area contributed by atoms with Crippen LogP contribution in [0.15, 0.2) is 41.4 Å². The first-order chi connectivity index (χ1) is 13.7. The molecule has 144 valence electrons. The quantitative estimate of drug-likeness (QED) is 0.849. The van der Waals surface area contributed by atoms with Crippen LogP contribution in [-0.2, 0) is 22.6 Å². The van der Waals surface area contributed by atoms with Crippen molar-refractivity contribution < 1.29 is 14.3 Å². The molecule has 3 aliphatic rings. The topological polar surface area (TPSA) is 72.0 Å². The lowest BCUT2D eigenvalue weighted by Gasteiger charge is -2.22. The van der Waals surface area contributed by atoms with Gasteiger partial charge in [0.2, 0.25) is 5.91 Å². The maximum absolute atomic E-state index is 12.0. The first kappa shape index (κ1) is 17.1. The molecule has 2 aromatic rings. The number of hydrogen-bond acceptors (Lipinski definition) is 5. The Balaban J connectivity index is 1.33. The molecule has 1 aliphatic heterocycles. The van der Waals surface area contributed by atoms with Crippen molar-refractivity contribution in [2.24, 2.45) is 10.9 Å². The molecule has 6 nitrogen and oxygen atoms in total. The van der Waals surface area contributed by atoms with E-state index >= 15 is 0 Å². The number of fused-ring (bicyclic) bond motifs is 2. The molecule has 1 amide bonds. The minimum Gasteiger partial charge on any atom is -0.496 e. The lowest BCUT2D eigenvalue weighted by molar-refractivity contribution is -0.117. The van der Waals surface area contributed by atoms with Crippen LogP contribution in [-0.4, -0.2) is 19.0 Å². The van der Waals surface area contributed by atoms with Crippen molar-refractivity contribution in [3.63, 3.8) is 0 Å². The molecule has 1 heterocycles. The van der Waals surface area contributed by atoms with Gasteiger partial charge < -0.3 is 20.1 Å². The molecule has 1 fully saturated rings. The molecule has 6 heteroatoms. The third-order valence-corrected chi connectivity index (χ3v) is 5.61. The van der Waals surface area contributed by atoms with E-state index in [4.69, 9.17) is 9.47 Å². The van der Waals surface area contributed by atoms with E-state index in [0.29, 0.717) is 12.6 Å². The summed E-state index contributed by atoms with van der Waals surface area (Å²) >= 11 is 0. The smallest absolute Gasteiger partial charge is 0.290 e. The number of amidine groups is 1. The van der Waals surface area contributed by atoms with Gasteiger partial charge in [-0.3, -0.25) is 4.79 Å². The Morgan fingerprint density at radius 2 is 2.07 bits per heavy atom. The minimum atomic E-state index is 0.108. The Morgan fingerprint density at radius 3 is 2.89 bits per heavy atom. The summed E-state index contributed by atoms with van der Waals surface area (Å²) in [6.07, 6.45) is 3.98. The highest BCUT2D eigenvalue weighted by atomic mass is 16.5. The number of carbonyl (C=O) groups excluding carboxylic acids is 1. The summed E-state index contributed by atoms with van der Waals surface area (Å²) in [6, 6.07) is 12.6. The number of amides is 1. The first-order valence-electron chi connectivity index (χ1n) is 9.79. The number of anilines is 1. The van der Waals surface area contributed by atoms with Crippen molar-refractivity contribution in [3.8, 4) is 5.75 Å². The minimum absolute atomic E-state index is 0.108. The van der Waals surface area contributed by atoms with Crippen LogP contribution in [0.1, 0.15) is 42.0 Å². The predicted molar refractivity (Wildman–Crippen MR) is 107 cm³/mol. The van der Waals surface area contributed by atoms with E-state index in [1.165, 1.54) is 11.1 Å². The van der Waals surface area contributed by atoms with Crippen molar-refractivity contribution in [2.75, 3.05) is 12.4 Å². The molecule has 0 radical (unpaired) electrons. The summed E-state index contributed by atoms with van der Waals surface area (Å²) in [4.78, 5) is 16.6. The molecule has 28 heavy (non-hydrogen) atoms. The van der Waals surface area contributed by atoms with Crippen LogP contribution in [0.2, 0.25) is 0 Å². The van der Waals surface area contributed by atoms with E-state index in [-0.39, 0.29) is 17.9 Å². The van der Waals surface area contributed by atoms with Crippen molar-refractivity contribution in [3.05, 3.63) is 53.1 Å². The molecule has 5 rings (SSSR count). The van der Waals surface area contributed by atoms with Crippen LogP contribution in [0, 0.1) is 5.92 Å². The molecule has 0 aromatic heterocycles. The zero-order valence-electron chi connectivity index (χ0n) is 15.8. The van der Waals surface area contributed by atoms with E-state index < -0.39 is 0 Å². The fourth-order valence-corrected chi connectivity index (χ4v) is 3.96. The zero-order valence-corrected chi connectivity index (χ0v) is 15.8. The summed E-state index contributed by atoms with van der Waals surface area (Å²) in [7, 11) is 1.70. The number of hydrogen-bond donors (Lipinski definition) is 2. The van der Waals surface area contributed by atoms with Gasteiger partial charge in [-0.1, -0.05) is 12.1 Å². The van der Waals surface area contributed by atoms with Gasteiger partial charge in [0.25, 0.3) is 6.02 Å². The van der Waals surface area contributed by atoms with Gasteiger partial charge in [-0.2, -0.15) is 4.99 Å². The number of benzene rings is 2. The number of rotatable bonds is 4. The summed E-state index contributed by atoms with van der Waals surface area (Å²) < 4.78 is 11.4. The molecule has 1 saturated carbocycles. The molecule has 0 saturated heterocycles. The van der Waals surface area contributed by atoms with Gasteiger partial charge in [-0.05, 0) is 55.5 Å². The van der Waals surface area contributed by atoms with Crippen molar-refractivity contribution in [1.82, 2.24) is 5.32 Å². The van der Waals surface area contributed by atoms with Gasteiger partial charge in [-0.15, -0.1) is 0 Å². The van der Waals surface area contributed by atoms with Crippen LogP contribution >= 0.6 is 0 Å². The number of nitrogens with one attached hydrogen (secondary N) is 2. The van der Waals surface area contributed by atoms with Crippen LogP contribution in [0.25, 0.3) is 0 Å². The van der Waals surface area contributed by atoms with Gasteiger partial charge in [0, 0.05) is 22.7 Å². The SMILES string of the molecule is COc1cccc2c1C(NC1=Nc3ccc(NC(=O)C4CC4)cc3CO1)CC2. The lowest BCUT2D eigenvalue weighted by atomic mass is 10.1. The third-order valence-electron chi connectivity index (χ3n) is 5.61. The second kappa shape index (κ2) is 6.86. The van der Waals surface area contributed by atoms with Gasteiger partial charge >= 0.3 is 0 Å². The molecule has 0 spiro atoms. The highest BCUT2D eigenvalue weighted by Gasteiger charge is 2.30. The Labute approximate surface area is 164 Å². The fraction of sp³-hybridized carbons (Fsp3) is 0.364. The number of aliphatic imine (C=N–C) groups is 1. The number of aryl methyl sites for hydroxylation is 1. The number of nitrogens with zero attached hydrogens (tertiary/aromatic N) is 1. The average molecular weight is 377 g/mol. The molecule has 2 N–H and O–H groups in total. The highest BCUT2D eigenvalue weighted by Crippen LogP contribution is 2.38. The summed E-state index contributed by atoms with van der Waals surface area (Å²) in [5, 5.41) is 6.41. The average Bonchev–Trinajstić information content (AvgIpc) is 3.50. The van der Waals surface area contributed by atoms with Crippen LogP contribution in [0.5, 0.6) is 5.75 Å². The first-order valence-corrected chi connectivity index (χ1v) is 9.79. The van der Waals surface area contributed by atoms with Crippen molar-refractivity contribution in [1.29, 1.82) is 0 Å². The third kappa shape index (κ3) is 3.19. The van der Waals surface area contributed by atoms with E-state index in [0.717, 1.165) is 48.4 Å². The zero-order chi connectivity index (χ0) is 19.1. The highest BCUT2D eigenvalue weighted by molar-refractivity contribution is 5.94. The maximum Gasteiger partial charge on any atom is 0.290 e. The number of methoxy groups -OCH3 is 1. The number of ether oxygens (including phenoxy) is 2. The van der Waals surface area contributed by atoms with Crippen LogP contribution < -0.4 is 15.4 Å². The van der Waals surface area contributed by atoms with Gasteiger partial charge in [-0.25, -0.2) is 0 Å².